The minimum atomic E-state index is 0.127. The molecule has 0 aromatic carbocycles. The molecule has 0 saturated heterocycles. The maximum Gasteiger partial charge on any atom is 0.220 e. The van der Waals surface area contributed by atoms with Crippen LogP contribution in [0.2, 0.25) is 0 Å². The summed E-state index contributed by atoms with van der Waals surface area (Å²) < 4.78 is 0. The first kappa shape index (κ1) is 13.8. The molecule has 1 unspecified atom stereocenters. The Morgan fingerprint density at radius 2 is 1.93 bits per heavy atom. The van der Waals surface area contributed by atoms with Gasteiger partial charge < -0.3 is 5.32 Å². The van der Waals surface area contributed by atoms with Crippen molar-refractivity contribution in [2.75, 3.05) is 5.88 Å². The van der Waals surface area contributed by atoms with Gasteiger partial charge in [-0.15, -0.1) is 11.6 Å². The quantitative estimate of drug-likeness (QED) is 0.559. The molecule has 0 radical (unpaired) electrons. The molecule has 0 aliphatic rings. The highest BCUT2D eigenvalue weighted by Crippen LogP contribution is 2.18. The molecule has 0 aromatic rings. The Hall–Kier alpha value is -0.240. The fourth-order valence-electron chi connectivity index (χ4n) is 0.910. The molecule has 3 heteroatoms. The Labute approximate surface area is 92.4 Å². The Kier molecular flexibility index (Phi) is 6.17. The zero-order valence-corrected chi connectivity index (χ0v) is 10.4. The zero-order chi connectivity index (χ0) is 11.2. The van der Waals surface area contributed by atoms with E-state index in [2.05, 4.69) is 26.1 Å². The number of nitrogens with one attached hydrogen (secondary N) is 1. The lowest BCUT2D eigenvalue weighted by molar-refractivity contribution is -0.122. The van der Waals surface area contributed by atoms with Crippen LogP contribution in [-0.2, 0) is 4.79 Å². The molecule has 2 nitrogen and oxygen atoms in total. The summed E-state index contributed by atoms with van der Waals surface area (Å²) in [5.74, 6) is 0.778. The molecule has 0 aliphatic heterocycles. The van der Waals surface area contributed by atoms with Crippen LogP contribution in [0.4, 0.5) is 0 Å². The highest BCUT2D eigenvalue weighted by atomic mass is 35.5. The minimum absolute atomic E-state index is 0.127. The van der Waals surface area contributed by atoms with Crippen molar-refractivity contribution in [3.05, 3.63) is 0 Å². The largest absolute Gasteiger partial charge is 0.353 e. The molecule has 1 N–H and O–H groups in total. The second-order valence-electron chi connectivity index (χ2n) is 4.80. The summed E-state index contributed by atoms with van der Waals surface area (Å²) in [6, 6.07) is 0.214. The third-order valence-corrected chi connectivity index (χ3v) is 2.73. The van der Waals surface area contributed by atoms with Crippen molar-refractivity contribution < 1.29 is 4.79 Å². The van der Waals surface area contributed by atoms with Gasteiger partial charge in [-0.1, -0.05) is 20.8 Å². The normalized spacial score (nSPS) is 13.8. The number of hydrogen-bond donors (Lipinski definition) is 1. The summed E-state index contributed by atoms with van der Waals surface area (Å²) in [5, 5.41) is 3.00. The number of halogens is 1. The highest BCUT2D eigenvalue weighted by Gasteiger charge is 2.21. The third-order valence-electron chi connectivity index (χ3n) is 2.46. The van der Waals surface area contributed by atoms with E-state index in [1.807, 2.05) is 6.92 Å². The Morgan fingerprint density at radius 3 is 2.36 bits per heavy atom. The van der Waals surface area contributed by atoms with Crippen molar-refractivity contribution >= 4 is 17.5 Å². The Balaban J connectivity index is 3.72. The first-order valence-electron chi connectivity index (χ1n) is 5.23. The first-order chi connectivity index (χ1) is 6.38. The van der Waals surface area contributed by atoms with Crippen molar-refractivity contribution in [3.8, 4) is 0 Å². The monoisotopic (exact) mass is 219 g/mol. The molecule has 1 atom stereocenters. The van der Waals surface area contributed by atoms with Crippen LogP contribution in [0.25, 0.3) is 0 Å². The van der Waals surface area contributed by atoms with E-state index in [-0.39, 0.29) is 17.4 Å². The lowest BCUT2D eigenvalue weighted by atomic mass is 9.88. The average Bonchev–Trinajstić information content (AvgIpc) is 2.03. The van der Waals surface area contributed by atoms with Gasteiger partial charge in [0.15, 0.2) is 0 Å². The summed E-state index contributed by atoms with van der Waals surface area (Å²) >= 11 is 5.53. The number of unbranched alkanes of at least 4 members (excludes halogenated alkanes) is 1. The van der Waals surface area contributed by atoms with Crippen LogP contribution in [0.15, 0.2) is 0 Å². The predicted octanol–water partition coefficient (Wildman–Crippen LogP) is 2.95. The van der Waals surface area contributed by atoms with Crippen molar-refractivity contribution in [3.63, 3.8) is 0 Å². The maximum absolute atomic E-state index is 11.4. The second-order valence-corrected chi connectivity index (χ2v) is 5.18. The van der Waals surface area contributed by atoms with Gasteiger partial charge >= 0.3 is 0 Å². The highest BCUT2D eigenvalue weighted by molar-refractivity contribution is 6.17. The first-order valence-corrected chi connectivity index (χ1v) is 5.76. The smallest absolute Gasteiger partial charge is 0.220 e. The van der Waals surface area contributed by atoms with E-state index in [4.69, 9.17) is 11.6 Å². The number of hydrogen-bond acceptors (Lipinski definition) is 1. The standard InChI is InChI=1S/C11H22ClNO/c1-9(11(2,3)4)13-10(14)7-5-6-8-12/h9H,5-8H2,1-4H3,(H,13,14). The van der Waals surface area contributed by atoms with Gasteiger partial charge in [-0.25, -0.2) is 0 Å². The minimum Gasteiger partial charge on any atom is -0.353 e. The van der Waals surface area contributed by atoms with Gasteiger partial charge in [0.25, 0.3) is 0 Å². The molecule has 0 fully saturated rings. The van der Waals surface area contributed by atoms with Crippen LogP contribution in [-0.4, -0.2) is 17.8 Å². The van der Waals surface area contributed by atoms with Gasteiger partial charge in [0.1, 0.15) is 0 Å². The van der Waals surface area contributed by atoms with Crippen molar-refractivity contribution in [1.29, 1.82) is 0 Å². The number of carbonyl (C=O) groups is 1. The van der Waals surface area contributed by atoms with Crippen LogP contribution >= 0.6 is 11.6 Å². The Bertz CT molecular complexity index is 175. The van der Waals surface area contributed by atoms with Gasteiger partial charge in [0.05, 0.1) is 0 Å². The predicted molar refractivity (Wildman–Crippen MR) is 61.6 cm³/mol. The summed E-state index contributed by atoms with van der Waals surface area (Å²) in [6.45, 7) is 8.41. The van der Waals surface area contributed by atoms with E-state index in [1.165, 1.54) is 0 Å². The van der Waals surface area contributed by atoms with E-state index >= 15 is 0 Å². The van der Waals surface area contributed by atoms with Crippen molar-refractivity contribution in [2.45, 2.75) is 53.0 Å². The van der Waals surface area contributed by atoms with Crippen LogP contribution in [0.5, 0.6) is 0 Å². The molecule has 14 heavy (non-hydrogen) atoms. The topological polar surface area (TPSA) is 29.1 Å². The second kappa shape index (κ2) is 6.28. The molecule has 0 aliphatic carbocycles. The molecular weight excluding hydrogens is 198 g/mol. The van der Waals surface area contributed by atoms with Gasteiger partial charge in [-0.05, 0) is 25.2 Å². The SMILES string of the molecule is CC(NC(=O)CCCCCl)C(C)(C)C. The van der Waals surface area contributed by atoms with E-state index in [0.29, 0.717) is 12.3 Å². The molecule has 0 spiro atoms. The van der Waals surface area contributed by atoms with Crippen molar-refractivity contribution in [1.82, 2.24) is 5.32 Å². The summed E-state index contributed by atoms with van der Waals surface area (Å²) in [7, 11) is 0. The fourth-order valence-corrected chi connectivity index (χ4v) is 1.10. The molecule has 0 rings (SSSR count). The fraction of sp³-hybridized carbons (Fsp3) is 0.909. The van der Waals surface area contributed by atoms with Crippen LogP contribution < -0.4 is 5.32 Å². The van der Waals surface area contributed by atoms with Gasteiger partial charge in [0, 0.05) is 18.3 Å². The molecule has 0 aromatic heterocycles. The molecule has 0 bridgehead atoms. The lowest BCUT2D eigenvalue weighted by Crippen LogP contribution is -2.41. The molecular formula is C11H22ClNO. The third kappa shape index (κ3) is 6.25. The van der Waals surface area contributed by atoms with E-state index in [9.17, 15) is 4.79 Å². The van der Waals surface area contributed by atoms with E-state index in [1.54, 1.807) is 0 Å². The van der Waals surface area contributed by atoms with Gasteiger partial charge in [-0.2, -0.15) is 0 Å². The maximum atomic E-state index is 11.4. The van der Waals surface area contributed by atoms with E-state index < -0.39 is 0 Å². The Morgan fingerprint density at radius 1 is 1.36 bits per heavy atom. The lowest BCUT2D eigenvalue weighted by Gasteiger charge is -2.28. The molecule has 1 amide bonds. The van der Waals surface area contributed by atoms with Crippen LogP contribution in [0, 0.1) is 5.41 Å². The average molecular weight is 220 g/mol. The molecule has 0 saturated carbocycles. The van der Waals surface area contributed by atoms with E-state index in [0.717, 1.165) is 12.8 Å². The molecule has 84 valence electrons. The number of alkyl halides is 1. The number of amides is 1. The zero-order valence-electron chi connectivity index (χ0n) is 9.69. The van der Waals surface area contributed by atoms with Crippen LogP contribution in [0.3, 0.4) is 0 Å². The number of carbonyl (C=O) groups excluding carboxylic acids is 1. The summed E-state index contributed by atoms with van der Waals surface area (Å²) in [4.78, 5) is 11.4. The number of rotatable bonds is 5. The van der Waals surface area contributed by atoms with Crippen LogP contribution in [0.1, 0.15) is 47.0 Å². The molecule has 0 heterocycles. The summed E-state index contributed by atoms with van der Waals surface area (Å²) in [5.41, 5.74) is 0.127. The van der Waals surface area contributed by atoms with Crippen molar-refractivity contribution in [2.24, 2.45) is 5.41 Å². The van der Waals surface area contributed by atoms with Gasteiger partial charge in [-0.3, -0.25) is 4.79 Å². The summed E-state index contributed by atoms with van der Waals surface area (Å²) in [6.07, 6.45) is 2.39. The van der Waals surface area contributed by atoms with Gasteiger partial charge in [0.2, 0.25) is 5.91 Å².